The van der Waals surface area contributed by atoms with Crippen molar-refractivity contribution < 1.29 is 9.59 Å². The lowest BCUT2D eigenvalue weighted by molar-refractivity contribution is -0.117. The molecule has 0 spiro atoms. The Bertz CT molecular complexity index is 469. The average molecular weight is 200 g/mol. The van der Waals surface area contributed by atoms with Crippen molar-refractivity contribution in [3.05, 3.63) is 47.0 Å². The molecule has 2 heteroatoms. The second-order valence-electron chi connectivity index (χ2n) is 3.88. The number of carbonyl (C=O) groups is 2. The van der Waals surface area contributed by atoms with Crippen molar-refractivity contribution in [2.75, 3.05) is 0 Å². The first-order valence-corrected chi connectivity index (χ1v) is 4.93. The largest absolute Gasteiger partial charge is 0.299 e. The van der Waals surface area contributed by atoms with Crippen LogP contribution < -0.4 is 0 Å². The lowest BCUT2D eigenvalue weighted by atomic mass is 9.80. The van der Waals surface area contributed by atoms with Gasteiger partial charge in [-0.15, -0.1) is 0 Å². The van der Waals surface area contributed by atoms with Gasteiger partial charge in [-0.3, -0.25) is 9.59 Å². The maximum atomic E-state index is 11.7. The van der Waals surface area contributed by atoms with Crippen LogP contribution in [0.1, 0.15) is 35.7 Å². The molecule has 1 aliphatic carbocycles. The Morgan fingerprint density at radius 2 is 1.93 bits per heavy atom. The van der Waals surface area contributed by atoms with E-state index >= 15 is 0 Å². The molecule has 1 aliphatic rings. The summed E-state index contributed by atoms with van der Waals surface area (Å²) in [7, 11) is 0. The Labute approximate surface area is 88.6 Å². The first-order valence-electron chi connectivity index (χ1n) is 4.93. The third-order valence-corrected chi connectivity index (χ3v) is 2.76. The Morgan fingerprint density at radius 1 is 1.27 bits per heavy atom. The fourth-order valence-electron chi connectivity index (χ4n) is 2.13. The number of rotatable bonds is 1. The summed E-state index contributed by atoms with van der Waals surface area (Å²) < 4.78 is 0. The Hall–Kier alpha value is -1.70. The van der Waals surface area contributed by atoms with Gasteiger partial charge in [0.05, 0.1) is 5.92 Å². The fourth-order valence-corrected chi connectivity index (χ4v) is 2.13. The van der Waals surface area contributed by atoms with Crippen molar-refractivity contribution in [1.29, 1.82) is 0 Å². The van der Waals surface area contributed by atoms with Crippen molar-refractivity contribution in [3.8, 4) is 0 Å². The molecule has 0 aliphatic heterocycles. The van der Waals surface area contributed by atoms with Gasteiger partial charge in [-0.05, 0) is 25.5 Å². The number of ketones is 2. The van der Waals surface area contributed by atoms with Crippen LogP contribution in [0.5, 0.6) is 0 Å². The van der Waals surface area contributed by atoms with Gasteiger partial charge in [0.2, 0.25) is 0 Å². The van der Waals surface area contributed by atoms with Gasteiger partial charge in [-0.25, -0.2) is 0 Å². The summed E-state index contributed by atoms with van der Waals surface area (Å²) in [6.45, 7) is 3.40. The SMILES string of the molecule is CC(=O)C1C(C)=CC(=O)c2ccccc21. The summed E-state index contributed by atoms with van der Waals surface area (Å²) >= 11 is 0. The molecule has 2 nitrogen and oxygen atoms in total. The molecule has 0 saturated heterocycles. The molecular weight excluding hydrogens is 188 g/mol. The Morgan fingerprint density at radius 3 is 2.60 bits per heavy atom. The summed E-state index contributed by atoms with van der Waals surface area (Å²) in [5, 5.41) is 0. The first-order chi connectivity index (χ1) is 7.11. The molecule has 0 amide bonds. The van der Waals surface area contributed by atoms with Gasteiger partial charge in [0.1, 0.15) is 5.78 Å². The van der Waals surface area contributed by atoms with E-state index < -0.39 is 0 Å². The molecule has 1 aromatic rings. The number of hydrogen-bond donors (Lipinski definition) is 0. The summed E-state index contributed by atoms with van der Waals surface area (Å²) in [5.74, 6) is -0.150. The number of Topliss-reactive ketones (excluding diaryl/α,β-unsaturated/α-hetero) is 1. The number of benzene rings is 1. The molecule has 0 fully saturated rings. The summed E-state index contributed by atoms with van der Waals surface area (Å²) in [4.78, 5) is 23.2. The highest BCUT2D eigenvalue weighted by atomic mass is 16.1. The summed E-state index contributed by atoms with van der Waals surface area (Å²) in [5.41, 5.74) is 2.34. The van der Waals surface area contributed by atoms with E-state index in [9.17, 15) is 9.59 Å². The smallest absolute Gasteiger partial charge is 0.186 e. The summed E-state index contributed by atoms with van der Waals surface area (Å²) in [6.07, 6.45) is 1.56. The number of hydrogen-bond acceptors (Lipinski definition) is 2. The third kappa shape index (κ3) is 1.52. The maximum Gasteiger partial charge on any atom is 0.186 e. The number of carbonyl (C=O) groups excluding carboxylic acids is 2. The van der Waals surface area contributed by atoms with Gasteiger partial charge in [0.15, 0.2) is 5.78 Å². The highest BCUT2D eigenvalue weighted by Crippen LogP contribution is 2.32. The van der Waals surface area contributed by atoms with E-state index in [0.717, 1.165) is 11.1 Å². The van der Waals surface area contributed by atoms with E-state index in [2.05, 4.69) is 0 Å². The van der Waals surface area contributed by atoms with Crippen molar-refractivity contribution in [2.24, 2.45) is 0 Å². The Balaban J connectivity index is 2.64. The third-order valence-electron chi connectivity index (χ3n) is 2.76. The zero-order valence-corrected chi connectivity index (χ0v) is 8.78. The molecule has 0 bridgehead atoms. The molecule has 0 heterocycles. The van der Waals surface area contributed by atoms with E-state index in [1.54, 1.807) is 19.1 Å². The van der Waals surface area contributed by atoms with Crippen LogP contribution in [0.2, 0.25) is 0 Å². The molecule has 0 saturated carbocycles. The predicted molar refractivity (Wildman–Crippen MR) is 58.0 cm³/mol. The first kappa shape index (κ1) is 9.84. The fraction of sp³-hybridized carbons (Fsp3) is 0.231. The van der Waals surface area contributed by atoms with Crippen LogP contribution in [-0.2, 0) is 4.79 Å². The molecule has 1 aromatic carbocycles. The van der Waals surface area contributed by atoms with E-state index in [0.29, 0.717) is 5.56 Å². The maximum absolute atomic E-state index is 11.7. The van der Waals surface area contributed by atoms with Crippen molar-refractivity contribution in [2.45, 2.75) is 19.8 Å². The van der Waals surface area contributed by atoms with Gasteiger partial charge in [-0.1, -0.05) is 29.8 Å². The normalized spacial score (nSPS) is 19.5. The second-order valence-corrected chi connectivity index (χ2v) is 3.88. The zero-order chi connectivity index (χ0) is 11.0. The summed E-state index contributed by atoms with van der Waals surface area (Å²) in [6, 6.07) is 7.31. The minimum atomic E-state index is -0.237. The number of allylic oxidation sites excluding steroid dienone is 2. The van der Waals surface area contributed by atoms with Crippen LogP contribution in [-0.4, -0.2) is 11.6 Å². The lowest BCUT2D eigenvalue weighted by Crippen LogP contribution is -2.19. The van der Waals surface area contributed by atoms with Crippen molar-refractivity contribution >= 4 is 11.6 Å². The highest BCUT2D eigenvalue weighted by Gasteiger charge is 2.27. The molecule has 1 unspecified atom stereocenters. The quantitative estimate of drug-likeness (QED) is 0.698. The Kier molecular flexibility index (Phi) is 2.27. The molecule has 0 N–H and O–H groups in total. The van der Waals surface area contributed by atoms with E-state index in [1.807, 2.05) is 25.1 Å². The van der Waals surface area contributed by atoms with Gasteiger partial charge in [0.25, 0.3) is 0 Å². The minimum Gasteiger partial charge on any atom is -0.299 e. The molecule has 0 aromatic heterocycles. The van der Waals surface area contributed by atoms with Gasteiger partial charge < -0.3 is 0 Å². The topological polar surface area (TPSA) is 34.1 Å². The van der Waals surface area contributed by atoms with Crippen molar-refractivity contribution in [1.82, 2.24) is 0 Å². The zero-order valence-electron chi connectivity index (χ0n) is 8.78. The molecule has 2 rings (SSSR count). The van der Waals surface area contributed by atoms with Crippen LogP contribution in [0.15, 0.2) is 35.9 Å². The molecule has 0 radical (unpaired) electrons. The lowest BCUT2D eigenvalue weighted by Gasteiger charge is -2.21. The van der Waals surface area contributed by atoms with E-state index in [-0.39, 0.29) is 17.5 Å². The van der Waals surface area contributed by atoms with Crippen LogP contribution >= 0.6 is 0 Å². The van der Waals surface area contributed by atoms with Crippen LogP contribution in [0.3, 0.4) is 0 Å². The van der Waals surface area contributed by atoms with Crippen LogP contribution in [0.4, 0.5) is 0 Å². The van der Waals surface area contributed by atoms with Gasteiger partial charge >= 0.3 is 0 Å². The van der Waals surface area contributed by atoms with Gasteiger partial charge in [-0.2, -0.15) is 0 Å². The van der Waals surface area contributed by atoms with E-state index in [1.165, 1.54) is 0 Å². The average Bonchev–Trinajstić information content (AvgIpc) is 2.17. The monoisotopic (exact) mass is 200 g/mol. The van der Waals surface area contributed by atoms with Crippen LogP contribution in [0, 0.1) is 0 Å². The van der Waals surface area contributed by atoms with Crippen molar-refractivity contribution in [3.63, 3.8) is 0 Å². The standard InChI is InChI=1S/C13H12O2/c1-8-7-12(15)10-5-3-4-6-11(10)13(8)9(2)14/h3-7,13H,1-2H3. The second kappa shape index (κ2) is 3.46. The highest BCUT2D eigenvalue weighted by molar-refractivity contribution is 6.10. The van der Waals surface area contributed by atoms with Crippen LogP contribution in [0.25, 0.3) is 0 Å². The predicted octanol–water partition coefficient (Wildman–Crippen LogP) is 2.50. The minimum absolute atomic E-state index is 0.000556. The van der Waals surface area contributed by atoms with E-state index in [4.69, 9.17) is 0 Å². The molecule has 15 heavy (non-hydrogen) atoms. The molecular formula is C13H12O2. The number of fused-ring (bicyclic) bond motifs is 1. The molecule has 1 atom stereocenters. The van der Waals surface area contributed by atoms with Gasteiger partial charge in [0, 0.05) is 5.56 Å². The molecule has 76 valence electrons.